The standard InChI is InChI=1S/C12H25N3O.ClH/c1-9(2)8-15-6-4-5-11(15)7-14-12(16)10(3)13;/h9-11H,4-8,13H2,1-3H3,(H,14,16);1H/t10-,11-;/m1./s1. The number of nitrogens with one attached hydrogen (secondary N) is 1. The van der Waals surface area contributed by atoms with Crippen molar-refractivity contribution in [3.63, 3.8) is 0 Å². The van der Waals surface area contributed by atoms with Crippen LogP contribution in [0.1, 0.15) is 33.6 Å². The highest BCUT2D eigenvalue weighted by Gasteiger charge is 2.25. The highest BCUT2D eigenvalue weighted by atomic mass is 35.5. The molecule has 3 N–H and O–H groups in total. The third-order valence-corrected chi connectivity index (χ3v) is 3.02. The summed E-state index contributed by atoms with van der Waals surface area (Å²) in [5.74, 6) is 0.640. The number of halogens is 1. The van der Waals surface area contributed by atoms with Gasteiger partial charge < -0.3 is 11.1 Å². The van der Waals surface area contributed by atoms with E-state index in [1.165, 1.54) is 12.8 Å². The molecule has 0 bridgehead atoms. The van der Waals surface area contributed by atoms with Gasteiger partial charge >= 0.3 is 0 Å². The Bertz CT molecular complexity index is 234. The second-order valence-corrected chi connectivity index (χ2v) is 5.22. The summed E-state index contributed by atoms with van der Waals surface area (Å²) in [7, 11) is 0. The number of nitrogens with zero attached hydrogens (tertiary/aromatic N) is 1. The van der Waals surface area contributed by atoms with Crippen molar-refractivity contribution in [3.8, 4) is 0 Å². The minimum absolute atomic E-state index is 0. The molecule has 102 valence electrons. The molecule has 1 fully saturated rings. The lowest BCUT2D eigenvalue weighted by Crippen LogP contribution is -2.45. The number of carbonyl (C=O) groups is 1. The SMILES string of the molecule is CC(C)CN1CCC[C@@H]1CNC(=O)[C@@H](C)N.Cl. The van der Waals surface area contributed by atoms with Crippen molar-refractivity contribution in [1.82, 2.24) is 10.2 Å². The van der Waals surface area contributed by atoms with Crippen LogP contribution in [0.2, 0.25) is 0 Å². The summed E-state index contributed by atoms with van der Waals surface area (Å²) in [6, 6.07) is 0.102. The second kappa shape index (κ2) is 7.90. The van der Waals surface area contributed by atoms with E-state index in [2.05, 4.69) is 24.1 Å². The van der Waals surface area contributed by atoms with Gasteiger partial charge in [0.15, 0.2) is 0 Å². The van der Waals surface area contributed by atoms with Crippen molar-refractivity contribution >= 4 is 18.3 Å². The van der Waals surface area contributed by atoms with Crippen LogP contribution < -0.4 is 11.1 Å². The van der Waals surface area contributed by atoms with Gasteiger partial charge in [-0.3, -0.25) is 9.69 Å². The minimum atomic E-state index is -0.403. The lowest BCUT2D eigenvalue weighted by molar-refractivity contribution is -0.122. The van der Waals surface area contributed by atoms with Gasteiger partial charge in [0.2, 0.25) is 5.91 Å². The number of carbonyl (C=O) groups excluding carboxylic acids is 1. The molecule has 0 spiro atoms. The number of nitrogens with two attached hydrogens (primary N) is 1. The van der Waals surface area contributed by atoms with Gasteiger partial charge in [0.25, 0.3) is 0 Å². The Kier molecular flexibility index (Phi) is 7.75. The van der Waals surface area contributed by atoms with Gasteiger partial charge in [-0.15, -0.1) is 12.4 Å². The molecule has 0 unspecified atom stereocenters. The third-order valence-electron chi connectivity index (χ3n) is 3.02. The van der Waals surface area contributed by atoms with Crippen molar-refractivity contribution < 1.29 is 4.79 Å². The highest BCUT2D eigenvalue weighted by Crippen LogP contribution is 2.17. The summed E-state index contributed by atoms with van der Waals surface area (Å²) in [4.78, 5) is 13.9. The molecule has 4 nitrogen and oxygen atoms in total. The Balaban J connectivity index is 0.00000256. The Morgan fingerprint density at radius 3 is 2.65 bits per heavy atom. The number of amides is 1. The molecule has 0 aromatic carbocycles. The molecule has 1 rings (SSSR count). The molecule has 1 heterocycles. The van der Waals surface area contributed by atoms with E-state index < -0.39 is 6.04 Å². The van der Waals surface area contributed by atoms with Crippen LogP contribution in [0, 0.1) is 5.92 Å². The van der Waals surface area contributed by atoms with Crippen LogP contribution >= 0.6 is 12.4 Å². The summed E-state index contributed by atoms with van der Waals surface area (Å²) < 4.78 is 0. The van der Waals surface area contributed by atoms with Crippen LogP contribution in [0.15, 0.2) is 0 Å². The van der Waals surface area contributed by atoms with Crippen LogP contribution in [0.4, 0.5) is 0 Å². The van der Waals surface area contributed by atoms with Crippen molar-refractivity contribution in [2.75, 3.05) is 19.6 Å². The molecule has 2 atom stereocenters. The van der Waals surface area contributed by atoms with E-state index in [1.807, 2.05) is 0 Å². The van der Waals surface area contributed by atoms with Crippen molar-refractivity contribution in [3.05, 3.63) is 0 Å². The molecule has 1 amide bonds. The molecular weight excluding hydrogens is 238 g/mol. The number of rotatable bonds is 5. The van der Waals surface area contributed by atoms with Gasteiger partial charge in [-0.05, 0) is 32.2 Å². The molecule has 1 aliphatic rings. The van der Waals surface area contributed by atoms with Crippen LogP contribution in [-0.4, -0.2) is 42.5 Å². The molecule has 1 aliphatic heterocycles. The van der Waals surface area contributed by atoms with Gasteiger partial charge in [-0.1, -0.05) is 13.8 Å². The van der Waals surface area contributed by atoms with Crippen molar-refractivity contribution in [2.24, 2.45) is 11.7 Å². The first-order valence-corrected chi connectivity index (χ1v) is 6.28. The first-order chi connectivity index (χ1) is 7.50. The van der Waals surface area contributed by atoms with Gasteiger partial charge in [0.1, 0.15) is 0 Å². The average molecular weight is 264 g/mol. The normalized spacial score (nSPS) is 22.3. The molecule has 0 aromatic heterocycles. The molecule has 5 heteroatoms. The Labute approximate surface area is 111 Å². The number of likely N-dealkylation sites (tertiary alicyclic amines) is 1. The topological polar surface area (TPSA) is 58.4 Å². The van der Waals surface area contributed by atoms with E-state index in [0.717, 1.165) is 19.6 Å². The van der Waals surface area contributed by atoms with E-state index in [-0.39, 0.29) is 18.3 Å². The van der Waals surface area contributed by atoms with Crippen molar-refractivity contribution in [2.45, 2.75) is 45.7 Å². The zero-order chi connectivity index (χ0) is 12.1. The summed E-state index contributed by atoms with van der Waals surface area (Å²) in [6.07, 6.45) is 2.43. The summed E-state index contributed by atoms with van der Waals surface area (Å²) in [5.41, 5.74) is 5.51. The van der Waals surface area contributed by atoms with E-state index >= 15 is 0 Å². The molecule has 0 saturated carbocycles. The van der Waals surface area contributed by atoms with E-state index in [1.54, 1.807) is 6.92 Å². The number of hydrogen-bond acceptors (Lipinski definition) is 3. The highest BCUT2D eigenvalue weighted by molar-refractivity contribution is 5.85. The van der Waals surface area contributed by atoms with E-state index in [9.17, 15) is 4.79 Å². The maximum Gasteiger partial charge on any atom is 0.236 e. The molecule has 0 radical (unpaired) electrons. The first-order valence-electron chi connectivity index (χ1n) is 6.28. The van der Waals surface area contributed by atoms with Crippen LogP contribution in [-0.2, 0) is 4.79 Å². The van der Waals surface area contributed by atoms with Gasteiger partial charge in [0, 0.05) is 19.1 Å². The smallest absolute Gasteiger partial charge is 0.236 e. The predicted molar refractivity (Wildman–Crippen MR) is 73.3 cm³/mol. The van der Waals surface area contributed by atoms with Gasteiger partial charge in [-0.2, -0.15) is 0 Å². The fourth-order valence-corrected chi connectivity index (χ4v) is 2.22. The molecule has 0 aromatic rings. The van der Waals surface area contributed by atoms with Crippen LogP contribution in [0.3, 0.4) is 0 Å². The molecule has 1 saturated heterocycles. The fraction of sp³-hybridized carbons (Fsp3) is 0.917. The lowest BCUT2D eigenvalue weighted by Gasteiger charge is -2.26. The fourth-order valence-electron chi connectivity index (χ4n) is 2.22. The van der Waals surface area contributed by atoms with E-state index in [4.69, 9.17) is 5.73 Å². The quantitative estimate of drug-likeness (QED) is 0.778. The monoisotopic (exact) mass is 263 g/mol. The Hall–Kier alpha value is -0.320. The maximum atomic E-state index is 11.4. The summed E-state index contributed by atoms with van der Waals surface area (Å²) >= 11 is 0. The van der Waals surface area contributed by atoms with Gasteiger partial charge in [-0.25, -0.2) is 0 Å². The van der Waals surface area contributed by atoms with E-state index in [0.29, 0.717) is 12.0 Å². The van der Waals surface area contributed by atoms with Crippen molar-refractivity contribution in [1.29, 1.82) is 0 Å². The first kappa shape index (κ1) is 16.7. The maximum absolute atomic E-state index is 11.4. The van der Waals surface area contributed by atoms with Crippen LogP contribution in [0.25, 0.3) is 0 Å². The lowest BCUT2D eigenvalue weighted by atomic mass is 10.1. The second-order valence-electron chi connectivity index (χ2n) is 5.22. The molecule has 0 aliphatic carbocycles. The Morgan fingerprint density at radius 1 is 1.47 bits per heavy atom. The average Bonchev–Trinajstić information content (AvgIpc) is 2.60. The molecule has 17 heavy (non-hydrogen) atoms. The zero-order valence-electron chi connectivity index (χ0n) is 11.1. The predicted octanol–water partition coefficient (Wildman–Crippen LogP) is 0.992. The number of hydrogen-bond donors (Lipinski definition) is 2. The van der Waals surface area contributed by atoms with Gasteiger partial charge in [0.05, 0.1) is 6.04 Å². The zero-order valence-corrected chi connectivity index (χ0v) is 11.9. The Morgan fingerprint density at radius 2 is 2.12 bits per heavy atom. The minimum Gasteiger partial charge on any atom is -0.353 e. The third kappa shape index (κ3) is 5.70. The summed E-state index contributed by atoms with van der Waals surface area (Å²) in [5, 5.41) is 2.92. The van der Waals surface area contributed by atoms with Crippen LogP contribution in [0.5, 0.6) is 0 Å². The largest absolute Gasteiger partial charge is 0.353 e. The molecular formula is C12H26ClN3O. The summed E-state index contributed by atoms with van der Waals surface area (Å²) in [6.45, 7) is 9.21.